The number of hydrogen-bond donors (Lipinski definition) is 0. The Hall–Kier alpha value is -1.82. The van der Waals surface area contributed by atoms with Gasteiger partial charge in [-0.1, -0.05) is 129 Å². The number of aryl methyl sites for hydroxylation is 1. The van der Waals surface area contributed by atoms with Gasteiger partial charge in [0.15, 0.2) is 0 Å². The fourth-order valence-electron chi connectivity index (χ4n) is 3.45. The molecule has 30 heavy (non-hydrogen) atoms. The summed E-state index contributed by atoms with van der Waals surface area (Å²) in [4.78, 5) is 0. The molecule has 0 radical (unpaired) electrons. The number of allylic oxidation sites excluding steroid dienone is 2. The zero-order valence-electron chi connectivity index (χ0n) is 21.1. The van der Waals surface area contributed by atoms with Crippen LogP contribution in [0.15, 0.2) is 60.2 Å². The van der Waals surface area contributed by atoms with Gasteiger partial charge < -0.3 is 0 Å². The van der Waals surface area contributed by atoms with Gasteiger partial charge in [-0.2, -0.15) is 0 Å². The molecule has 170 valence electrons. The van der Waals surface area contributed by atoms with Gasteiger partial charge in [0.1, 0.15) is 0 Å². The summed E-state index contributed by atoms with van der Waals surface area (Å²) in [6.07, 6.45) is 4.55. The molecule has 0 amide bonds. The van der Waals surface area contributed by atoms with Gasteiger partial charge in [0.25, 0.3) is 0 Å². The van der Waals surface area contributed by atoms with Crippen molar-refractivity contribution in [1.82, 2.24) is 0 Å². The van der Waals surface area contributed by atoms with E-state index in [1.54, 1.807) is 0 Å². The smallest absolute Gasteiger partial charge is 0.0173 e. The van der Waals surface area contributed by atoms with Crippen LogP contribution in [0.25, 0.3) is 0 Å². The molecule has 0 bridgehead atoms. The molecule has 0 aromatic heterocycles. The summed E-state index contributed by atoms with van der Waals surface area (Å²) in [5.41, 5.74) is 7.24. The van der Waals surface area contributed by atoms with Crippen LogP contribution in [0, 0.1) is 6.92 Å². The van der Waals surface area contributed by atoms with Gasteiger partial charge >= 0.3 is 0 Å². The largest absolute Gasteiger partial charge is 0.0878 e. The molecule has 0 saturated carbocycles. The monoisotopic (exact) mass is 410 g/mol. The van der Waals surface area contributed by atoms with Crippen LogP contribution in [0.4, 0.5) is 0 Å². The Morgan fingerprint density at radius 3 is 1.83 bits per heavy atom. The summed E-state index contributed by atoms with van der Waals surface area (Å²) in [6.45, 7) is 24.2. The Kier molecular flexibility index (Phi) is 14.4. The number of benzene rings is 2. The Labute approximate surface area is 189 Å². The van der Waals surface area contributed by atoms with E-state index in [-0.39, 0.29) is 18.3 Å². The molecule has 2 rings (SSSR count). The number of rotatable bonds is 4. The van der Waals surface area contributed by atoms with E-state index in [1.165, 1.54) is 34.2 Å². The Bertz CT molecular complexity index is 728. The minimum atomic E-state index is 0. The van der Waals surface area contributed by atoms with E-state index in [2.05, 4.69) is 117 Å². The third kappa shape index (κ3) is 8.50. The Balaban J connectivity index is 0. The van der Waals surface area contributed by atoms with Crippen LogP contribution in [0.5, 0.6) is 0 Å². The maximum Gasteiger partial charge on any atom is 0.0173 e. The number of hydrogen-bond acceptors (Lipinski definition) is 0. The second kappa shape index (κ2) is 14.2. The highest BCUT2D eigenvalue weighted by molar-refractivity contribution is 5.45. The highest BCUT2D eigenvalue weighted by Gasteiger charge is 2.31. The molecule has 0 aliphatic rings. The molecular weight excluding hydrogens is 360 g/mol. The second-order valence-electron chi connectivity index (χ2n) is 8.95. The maximum atomic E-state index is 2.44. The first-order valence-corrected chi connectivity index (χ1v) is 11.4. The molecule has 0 N–H and O–H groups in total. The van der Waals surface area contributed by atoms with Crippen LogP contribution in [-0.4, -0.2) is 0 Å². The van der Waals surface area contributed by atoms with Gasteiger partial charge in [0.05, 0.1) is 0 Å². The van der Waals surface area contributed by atoms with Crippen molar-refractivity contribution in [1.29, 1.82) is 0 Å². The van der Waals surface area contributed by atoms with Crippen LogP contribution in [0.2, 0.25) is 0 Å². The molecule has 0 aliphatic carbocycles. The van der Waals surface area contributed by atoms with Gasteiger partial charge in [0.2, 0.25) is 0 Å². The molecule has 0 saturated heterocycles. The second-order valence-corrected chi connectivity index (χ2v) is 8.95. The van der Waals surface area contributed by atoms with Crippen molar-refractivity contribution in [2.75, 3.05) is 0 Å². The maximum absolute atomic E-state index is 2.44. The average molecular weight is 411 g/mol. The van der Waals surface area contributed by atoms with Gasteiger partial charge in [-0.3, -0.25) is 0 Å². The molecule has 1 atom stereocenters. The standard InChI is InChI=1S/C24H32.C3H8.C2H6.CH4/c1-8-19(3)24(7,17-20-12-10-9-11-13-20)22-16-21(23(4,5)6)15-14-18(22)2;1-3-2;1-2;/h8-16H,17H2,1-7H3;3H2,1-2H3;1-2H3;1H4/b19-8+;;;. The lowest BCUT2D eigenvalue weighted by Gasteiger charge is -2.35. The molecular formula is C30H50. The summed E-state index contributed by atoms with van der Waals surface area (Å²) in [5.74, 6) is 0. The van der Waals surface area contributed by atoms with Gasteiger partial charge in [-0.05, 0) is 54.9 Å². The fraction of sp³-hybridized carbons (Fsp3) is 0.533. The van der Waals surface area contributed by atoms with Crippen LogP contribution in [0.1, 0.15) is 105 Å². The van der Waals surface area contributed by atoms with E-state index >= 15 is 0 Å². The van der Waals surface area contributed by atoms with E-state index in [0.717, 1.165) is 6.42 Å². The SMILES string of the molecule is C.C/C=C(\C)C(C)(Cc1ccccc1)c1cc(C(C)(C)C)ccc1C.CC.CCC. The van der Waals surface area contributed by atoms with Crippen molar-refractivity contribution >= 4 is 0 Å². The van der Waals surface area contributed by atoms with Crippen molar-refractivity contribution < 1.29 is 0 Å². The van der Waals surface area contributed by atoms with Crippen molar-refractivity contribution in [3.8, 4) is 0 Å². The summed E-state index contributed by atoms with van der Waals surface area (Å²) < 4.78 is 0. The third-order valence-corrected chi connectivity index (χ3v) is 5.40. The third-order valence-electron chi connectivity index (χ3n) is 5.40. The summed E-state index contributed by atoms with van der Waals surface area (Å²) in [6, 6.07) is 17.9. The van der Waals surface area contributed by atoms with Crippen LogP contribution in [-0.2, 0) is 17.3 Å². The molecule has 0 fully saturated rings. The van der Waals surface area contributed by atoms with E-state index in [0.29, 0.717) is 0 Å². The van der Waals surface area contributed by atoms with E-state index in [4.69, 9.17) is 0 Å². The van der Waals surface area contributed by atoms with Crippen molar-refractivity contribution in [2.45, 2.75) is 107 Å². The van der Waals surface area contributed by atoms with E-state index in [1.807, 2.05) is 13.8 Å². The molecule has 2 aromatic rings. The Morgan fingerprint density at radius 2 is 1.40 bits per heavy atom. The minimum Gasteiger partial charge on any atom is -0.0878 e. The molecule has 0 heterocycles. The summed E-state index contributed by atoms with van der Waals surface area (Å²) >= 11 is 0. The summed E-state index contributed by atoms with van der Waals surface area (Å²) in [7, 11) is 0. The van der Waals surface area contributed by atoms with Crippen LogP contribution < -0.4 is 0 Å². The van der Waals surface area contributed by atoms with Gasteiger partial charge in [-0.15, -0.1) is 0 Å². The van der Waals surface area contributed by atoms with Gasteiger partial charge in [0, 0.05) is 5.41 Å². The lowest BCUT2D eigenvalue weighted by molar-refractivity contribution is 0.540. The molecule has 0 aliphatic heterocycles. The molecule has 0 nitrogen and oxygen atoms in total. The lowest BCUT2D eigenvalue weighted by Crippen LogP contribution is -2.28. The molecule has 0 heteroatoms. The molecule has 1 unspecified atom stereocenters. The quantitative estimate of drug-likeness (QED) is 0.440. The zero-order chi connectivity index (χ0) is 22.7. The van der Waals surface area contributed by atoms with Crippen molar-refractivity contribution in [2.24, 2.45) is 0 Å². The highest BCUT2D eigenvalue weighted by Crippen LogP contribution is 2.39. The Morgan fingerprint density at radius 1 is 0.900 bits per heavy atom. The first-order chi connectivity index (χ1) is 13.6. The van der Waals surface area contributed by atoms with Crippen molar-refractivity contribution in [3.05, 3.63) is 82.4 Å². The topological polar surface area (TPSA) is 0 Å². The van der Waals surface area contributed by atoms with Gasteiger partial charge in [-0.25, -0.2) is 0 Å². The highest BCUT2D eigenvalue weighted by atomic mass is 14.3. The van der Waals surface area contributed by atoms with E-state index in [9.17, 15) is 0 Å². The predicted octanol–water partition coefficient (Wildman–Crippen LogP) is 9.84. The normalized spacial score (nSPS) is 13.0. The van der Waals surface area contributed by atoms with E-state index < -0.39 is 0 Å². The minimum absolute atomic E-state index is 0. The fourth-order valence-corrected chi connectivity index (χ4v) is 3.45. The predicted molar refractivity (Wildman–Crippen MR) is 141 cm³/mol. The average Bonchev–Trinajstić information content (AvgIpc) is 2.69. The first-order valence-electron chi connectivity index (χ1n) is 11.4. The lowest BCUT2D eigenvalue weighted by atomic mass is 9.69. The van der Waals surface area contributed by atoms with Crippen LogP contribution in [0.3, 0.4) is 0 Å². The van der Waals surface area contributed by atoms with Crippen molar-refractivity contribution in [3.63, 3.8) is 0 Å². The summed E-state index contributed by atoms with van der Waals surface area (Å²) in [5, 5.41) is 0. The molecule has 0 spiro atoms. The zero-order valence-corrected chi connectivity index (χ0v) is 21.1. The van der Waals surface area contributed by atoms with Crippen LogP contribution >= 0.6 is 0 Å². The molecule has 2 aromatic carbocycles. The first kappa shape index (κ1) is 30.4.